The van der Waals surface area contributed by atoms with Gasteiger partial charge in [0.05, 0.1) is 13.1 Å². The SMILES string of the molecule is Cc1cc(NC(=O)CN(C)[C@H]2CCCN(Cc3noc(C)n3)C2)no1. The van der Waals surface area contributed by atoms with Crippen molar-refractivity contribution in [3.63, 3.8) is 0 Å². The second-order valence-electron chi connectivity index (χ2n) is 6.55. The number of nitrogens with one attached hydrogen (secondary N) is 1. The third kappa shape index (κ3) is 4.86. The molecular weight excluding hydrogens is 324 g/mol. The Balaban J connectivity index is 1.49. The fourth-order valence-electron chi connectivity index (χ4n) is 3.10. The number of likely N-dealkylation sites (N-methyl/N-ethyl adjacent to an activating group) is 1. The molecule has 1 atom stereocenters. The van der Waals surface area contributed by atoms with E-state index in [-0.39, 0.29) is 5.91 Å². The predicted molar refractivity (Wildman–Crippen MR) is 89.8 cm³/mol. The molecule has 0 aliphatic carbocycles. The number of likely N-dealkylation sites (tertiary alicyclic amines) is 1. The summed E-state index contributed by atoms with van der Waals surface area (Å²) in [5.41, 5.74) is 0. The van der Waals surface area contributed by atoms with Gasteiger partial charge in [-0.05, 0) is 33.4 Å². The molecule has 3 rings (SSSR count). The lowest BCUT2D eigenvalue weighted by Gasteiger charge is -2.36. The Bertz CT molecular complexity index is 712. The Kier molecular flexibility index (Phi) is 5.44. The number of anilines is 1. The Morgan fingerprint density at radius 2 is 2.24 bits per heavy atom. The summed E-state index contributed by atoms with van der Waals surface area (Å²) in [6.45, 7) is 6.44. The lowest BCUT2D eigenvalue weighted by atomic mass is 10.0. The van der Waals surface area contributed by atoms with Crippen molar-refractivity contribution in [2.24, 2.45) is 0 Å². The standard InChI is InChI=1S/C16H24N6O3/c1-11-7-14(19-24-11)18-16(23)10-21(3)13-5-4-6-22(8-13)9-15-17-12(2)25-20-15/h7,13H,4-6,8-10H2,1-3H3,(H,18,19,23)/t13-/m0/s1. The van der Waals surface area contributed by atoms with E-state index >= 15 is 0 Å². The average molecular weight is 348 g/mol. The summed E-state index contributed by atoms with van der Waals surface area (Å²) in [4.78, 5) is 20.8. The maximum absolute atomic E-state index is 12.2. The van der Waals surface area contributed by atoms with Crippen LogP contribution in [0.3, 0.4) is 0 Å². The second-order valence-corrected chi connectivity index (χ2v) is 6.55. The monoisotopic (exact) mass is 348 g/mol. The predicted octanol–water partition coefficient (Wildman–Crippen LogP) is 1.21. The number of amides is 1. The first-order valence-corrected chi connectivity index (χ1v) is 8.44. The number of aryl methyl sites for hydroxylation is 2. The average Bonchev–Trinajstić information content (AvgIpc) is 3.15. The van der Waals surface area contributed by atoms with E-state index in [0.717, 1.165) is 25.9 Å². The van der Waals surface area contributed by atoms with E-state index in [4.69, 9.17) is 9.05 Å². The molecule has 0 unspecified atom stereocenters. The van der Waals surface area contributed by atoms with Gasteiger partial charge in [0, 0.05) is 25.6 Å². The summed E-state index contributed by atoms with van der Waals surface area (Å²) in [7, 11) is 1.97. The number of nitrogens with zero attached hydrogens (tertiary/aromatic N) is 5. The maximum atomic E-state index is 12.2. The number of carbonyl (C=O) groups is 1. The van der Waals surface area contributed by atoms with Crippen molar-refractivity contribution in [2.45, 2.75) is 39.3 Å². The topological polar surface area (TPSA) is 101 Å². The van der Waals surface area contributed by atoms with Crippen molar-refractivity contribution in [1.29, 1.82) is 0 Å². The van der Waals surface area contributed by atoms with E-state index in [0.29, 0.717) is 42.4 Å². The van der Waals surface area contributed by atoms with Crippen LogP contribution in [-0.4, -0.2) is 63.7 Å². The van der Waals surface area contributed by atoms with Gasteiger partial charge >= 0.3 is 0 Å². The summed E-state index contributed by atoms with van der Waals surface area (Å²) in [6.07, 6.45) is 2.14. The Morgan fingerprint density at radius 1 is 1.40 bits per heavy atom. The van der Waals surface area contributed by atoms with Gasteiger partial charge in [-0.2, -0.15) is 4.98 Å². The summed E-state index contributed by atoms with van der Waals surface area (Å²) in [5.74, 6) is 2.32. The van der Waals surface area contributed by atoms with Gasteiger partial charge in [-0.25, -0.2) is 0 Å². The Morgan fingerprint density at radius 3 is 2.92 bits per heavy atom. The van der Waals surface area contributed by atoms with Gasteiger partial charge in [-0.15, -0.1) is 0 Å². The van der Waals surface area contributed by atoms with Gasteiger partial charge in [0.15, 0.2) is 11.6 Å². The van der Waals surface area contributed by atoms with Crippen molar-refractivity contribution >= 4 is 11.7 Å². The van der Waals surface area contributed by atoms with E-state index in [1.807, 2.05) is 7.05 Å². The molecule has 9 heteroatoms. The van der Waals surface area contributed by atoms with Crippen molar-refractivity contribution in [3.05, 3.63) is 23.5 Å². The minimum Gasteiger partial charge on any atom is -0.360 e. The van der Waals surface area contributed by atoms with Gasteiger partial charge in [0.1, 0.15) is 5.76 Å². The largest absolute Gasteiger partial charge is 0.360 e. The van der Waals surface area contributed by atoms with Crippen LogP contribution in [0.15, 0.2) is 15.1 Å². The molecule has 3 heterocycles. The quantitative estimate of drug-likeness (QED) is 0.831. The highest BCUT2D eigenvalue weighted by atomic mass is 16.5. The van der Waals surface area contributed by atoms with Gasteiger partial charge in [-0.1, -0.05) is 10.3 Å². The van der Waals surface area contributed by atoms with Gasteiger partial charge in [0.25, 0.3) is 0 Å². The molecule has 2 aromatic heterocycles. The first-order chi connectivity index (χ1) is 12.0. The molecule has 9 nitrogen and oxygen atoms in total. The van der Waals surface area contributed by atoms with Crippen LogP contribution >= 0.6 is 0 Å². The first kappa shape index (κ1) is 17.6. The molecular formula is C16H24N6O3. The minimum atomic E-state index is -0.0956. The van der Waals surface area contributed by atoms with Crippen LogP contribution in [0, 0.1) is 13.8 Å². The van der Waals surface area contributed by atoms with Gasteiger partial charge < -0.3 is 14.4 Å². The molecule has 0 radical (unpaired) electrons. The zero-order valence-corrected chi connectivity index (χ0v) is 14.9. The van der Waals surface area contributed by atoms with Crippen LogP contribution in [-0.2, 0) is 11.3 Å². The number of aromatic nitrogens is 3. The number of hydrogen-bond donors (Lipinski definition) is 1. The van der Waals surface area contributed by atoms with E-state index in [1.54, 1.807) is 19.9 Å². The summed E-state index contributed by atoms with van der Waals surface area (Å²) >= 11 is 0. The lowest BCUT2D eigenvalue weighted by molar-refractivity contribution is -0.117. The molecule has 136 valence electrons. The number of hydrogen-bond acceptors (Lipinski definition) is 8. The number of carbonyl (C=O) groups excluding carboxylic acids is 1. The smallest absolute Gasteiger partial charge is 0.239 e. The summed E-state index contributed by atoms with van der Waals surface area (Å²) in [5, 5.41) is 10.5. The van der Waals surface area contributed by atoms with Crippen molar-refractivity contribution in [3.8, 4) is 0 Å². The van der Waals surface area contributed by atoms with Crippen molar-refractivity contribution in [1.82, 2.24) is 25.1 Å². The van der Waals surface area contributed by atoms with Crippen LogP contribution < -0.4 is 5.32 Å². The first-order valence-electron chi connectivity index (χ1n) is 8.44. The molecule has 0 spiro atoms. The third-order valence-corrected chi connectivity index (χ3v) is 4.33. The van der Waals surface area contributed by atoms with E-state index in [1.165, 1.54) is 0 Å². The van der Waals surface area contributed by atoms with Crippen LogP contribution in [0.1, 0.15) is 30.3 Å². The molecule has 1 amide bonds. The van der Waals surface area contributed by atoms with Crippen molar-refractivity contribution in [2.75, 3.05) is 32.0 Å². The molecule has 2 aromatic rings. The number of rotatable bonds is 6. The minimum absolute atomic E-state index is 0.0956. The molecule has 0 bridgehead atoms. The third-order valence-electron chi connectivity index (χ3n) is 4.33. The molecule has 0 saturated carbocycles. The Hall–Kier alpha value is -2.26. The van der Waals surface area contributed by atoms with Crippen LogP contribution in [0.5, 0.6) is 0 Å². The molecule has 1 saturated heterocycles. The maximum Gasteiger partial charge on any atom is 0.239 e. The fraction of sp³-hybridized carbons (Fsp3) is 0.625. The second kappa shape index (κ2) is 7.75. The highest BCUT2D eigenvalue weighted by Crippen LogP contribution is 2.16. The van der Waals surface area contributed by atoms with E-state index < -0.39 is 0 Å². The molecule has 0 aromatic carbocycles. The Labute approximate surface area is 146 Å². The highest BCUT2D eigenvalue weighted by molar-refractivity contribution is 5.91. The molecule has 1 fully saturated rings. The summed E-state index contributed by atoms with van der Waals surface area (Å²) < 4.78 is 9.98. The molecule has 1 aliphatic heterocycles. The van der Waals surface area contributed by atoms with Crippen LogP contribution in [0.2, 0.25) is 0 Å². The molecule has 1 N–H and O–H groups in total. The highest BCUT2D eigenvalue weighted by Gasteiger charge is 2.25. The zero-order chi connectivity index (χ0) is 17.8. The zero-order valence-electron chi connectivity index (χ0n) is 14.9. The molecule has 1 aliphatic rings. The number of piperidine rings is 1. The summed E-state index contributed by atoms with van der Waals surface area (Å²) in [6, 6.07) is 2.01. The normalized spacial score (nSPS) is 18.6. The van der Waals surface area contributed by atoms with E-state index in [2.05, 4.69) is 30.4 Å². The molecule has 25 heavy (non-hydrogen) atoms. The van der Waals surface area contributed by atoms with Gasteiger partial charge in [-0.3, -0.25) is 14.6 Å². The van der Waals surface area contributed by atoms with Crippen molar-refractivity contribution < 1.29 is 13.8 Å². The van der Waals surface area contributed by atoms with Gasteiger partial charge in [0.2, 0.25) is 11.8 Å². The van der Waals surface area contributed by atoms with Crippen LogP contribution in [0.4, 0.5) is 5.82 Å². The fourth-order valence-corrected chi connectivity index (χ4v) is 3.10. The lowest BCUT2D eigenvalue weighted by Crippen LogP contribution is -2.48. The van der Waals surface area contributed by atoms with E-state index in [9.17, 15) is 4.79 Å². The van der Waals surface area contributed by atoms with Crippen LogP contribution in [0.25, 0.3) is 0 Å².